The fraction of sp³-hybridized carbons (Fsp3) is 0.483. The minimum atomic E-state index is -1.23. The van der Waals surface area contributed by atoms with Crippen LogP contribution in [0, 0.1) is 0 Å². The molecule has 39 heavy (non-hydrogen) atoms. The summed E-state index contributed by atoms with van der Waals surface area (Å²) in [6, 6.07) is 16.6. The van der Waals surface area contributed by atoms with E-state index in [2.05, 4.69) is 30.3 Å². The second kappa shape index (κ2) is 13.6. The fourth-order valence-corrected chi connectivity index (χ4v) is 4.56. The van der Waals surface area contributed by atoms with Gasteiger partial charge in [-0.1, -0.05) is 62.1 Å². The number of amides is 2. The molecule has 0 saturated carbocycles. The lowest BCUT2D eigenvalue weighted by Crippen LogP contribution is -2.33. The quantitative estimate of drug-likeness (QED) is 0.215. The van der Waals surface area contributed by atoms with Crippen molar-refractivity contribution in [2.45, 2.75) is 78.4 Å². The van der Waals surface area contributed by atoms with E-state index in [4.69, 9.17) is 19.2 Å². The van der Waals surface area contributed by atoms with Crippen LogP contribution in [-0.2, 0) is 40.5 Å². The molecule has 212 valence electrons. The number of hydrogen-bond acceptors (Lipinski definition) is 6. The van der Waals surface area contributed by atoms with E-state index in [1.165, 1.54) is 0 Å². The molecule has 0 aliphatic rings. The van der Waals surface area contributed by atoms with Gasteiger partial charge in [-0.2, -0.15) is 0 Å². The first-order valence-electron chi connectivity index (χ1n) is 13.4. The summed E-state index contributed by atoms with van der Waals surface area (Å²) in [7, 11) is -1.23. The third-order valence-electron chi connectivity index (χ3n) is 5.82. The van der Waals surface area contributed by atoms with Gasteiger partial charge < -0.3 is 29.4 Å². The van der Waals surface area contributed by atoms with Crippen LogP contribution < -0.4 is 10.6 Å². The van der Waals surface area contributed by atoms with Gasteiger partial charge in [0, 0.05) is 21.2 Å². The third-order valence-corrected chi connectivity index (χ3v) is 7.53. The number of carbonyl (C=O) groups is 2. The number of alkyl carbamates (subject to hydrolysis) is 2. The Balaban J connectivity index is 1.71. The molecule has 1 heterocycles. The van der Waals surface area contributed by atoms with Crippen molar-refractivity contribution >= 4 is 31.3 Å². The van der Waals surface area contributed by atoms with Crippen LogP contribution >= 0.6 is 0 Å². The zero-order chi connectivity index (χ0) is 28.5. The van der Waals surface area contributed by atoms with E-state index in [-0.39, 0.29) is 13.2 Å². The summed E-state index contributed by atoms with van der Waals surface area (Å²) in [6.07, 6.45) is -0.385. The monoisotopic (exact) mass is 554 g/mol. The van der Waals surface area contributed by atoms with Gasteiger partial charge in [-0.15, -0.1) is 0 Å². The second-order valence-corrected chi connectivity index (χ2v) is 17.3. The van der Waals surface area contributed by atoms with Crippen molar-refractivity contribution in [2.24, 2.45) is 0 Å². The Hall–Kier alpha value is -3.37. The molecule has 0 aliphatic heterocycles. The van der Waals surface area contributed by atoms with Gasteiger partial charge in [-0.05, 0) is 50.4 Å². The van der Waals surface area contributed by atoms with Crippen LogP contribution in [-0.4, -0.2) is 48.6 Å². The number of nitrogens with one attached hydrogen (secondary N) is 2. The lowest BCUT2D eigenvalue weighted by molar-refractivity contribution is 0.0528. The number of ether oxygens (including phenoxy) is 3. The number of nitrogens with zero attached hydrogens (tertiary/aromatic N) is 2. The second-order valence-electron chi connectivity index (χ2n) is 11.7. The molecule has 2 N–H and O–H groups in total. The summed E-state index contributed by atoms with van der Waals surface area (Å²) in [5, 5.41) is 5.63. The summed E-state index contributed by atoms with van der Waals surface area (Å²) >= 11 is 0. The molecule has 2 aromatic carbocycles. The summed E-state index contributed by atoms with van der Waals surface area (Å²) in [6.45, 7) is 14.2. The predicted octanol–water partition coefficient (Wildman–Crippen LogP) is 5.84. The highest BCUT2D eigenvalue weighted by molar-refractivity contribution is 6.76. The number of carbonyl (C=O) groups excluding carboxylic acids is 2. The molecular formula is C29H42N4O5Si. The summed E-state index contributed by atoms with van der Waals surface area (Å²) in [5.74, 6) is 0.669. The van der Waals surface area contributed by atoms with Crippen molar-refractivity contribution < 1.29 is 23.8 Å². The van der Waals surface area contributed by atoms with Crippen LogP contribution in [0.2, 0.25) is 25.7 Å². The standard InChI is InChI=1S/C29H42N4O5Si/c1-29(2,3)38-28(35)30-16-15-23-13-10-14-24-26(23)32-25(33(24)21-36-17-18-39(4,5)6)19-31-27(34)37-20-22-11-8-7-9-12-22/h7-14H,15-21H2,1-6H3,(H,30,35)(H,31,34). The largest absolute Gasteiger partial charge is 0.445 e. The topological polar surface area (TPSA) is 104 Å². The van der Waals surface area contributed by atoms with E-state index in [0.717, 1.165) is 28.2 Å². The molecule has 10 heteroatoms. The normalized spacial score (nSPS) is 11.8. The van der Waals surface area contributed by atoms with Gasteiger partial charge in [0.25, 0.3) is 0 Å². The van der Waals surface area contributed by atoms with E-state index in [0.29, 0.717) is 32.1 Å². The Morgan fingerprint density at radius 1 is 0.974 bits per heavy atom. The number of rotatable bonds is 12. The van der Waals surface area contributed by atoms with Crippen molar-refractivity contribution in [3.63, 3.8) is 0 Å². The van der Waals surface area contributed by atoms with Gasteiger partial charge in [0.2, 0.25) is 0 Å². The smallest absolute Gasteiger partial charge is 0.407 e. The van der Waals surface area contributed by atoms with Gasteiger partial charge in [0.05, 0.1) is 17.6 Å². The zero-order valence-corrected chi connectivity index (χ0v) is 25.0. The van der Waals surface area contributed by atoms with Crippen molar-refractivity contribution in [2.75, 3.05) is 13.2 Å². The molecule has 0 bridgehead atoms. The van der Waals surface area contributed by atoms with E-state index < -0.39 is 25.9 Å². The number of imidazole rings is 1. The number of aromatic nitrogens is 2. The molecular weight excluding hydrogens is 512 g/mol. The van der Waals surface area contributed by atoms with Crippen molar-refractivity contribution in [1.29, 1.82) is 0 Å². The molecule has 0 unspecified atom stereocenters. The van der Waals surface area contributed by atoms with Gasteiger partial charge in [0.15, 0.2) is 0 Å². The molecule has 0 saturated heterocycles. The Morgan fingerprint density at radius 2 is 1.72 bits per heavy atom. The SMILES string of the molecule is CC(C)(C)OC(=O)NCCc1cccc2c1nc(CNC(=O)OCc1ccccc1)n2COCC[Si](C)(C)C. The van der Waals surface area contributed by atoms with Gasteiger partial charge in [-0.3, -0.25) is 0 Å². The van der Waals surface area contributed by atoms with Crippen molar-refractivity contribution in [1.82, 2.24) is 20.2 Å². The van der Waals surface area contributed by atoms with E-state index >= 15 is 0 Å². The summed E-state index contributed by atoms with van der Waals surface area (Å²) in [4.78, 5) is 29.3. The van der Waals surface area contributed by atoms with Crippen molar-refractivity contribution in [3.05, 3.63) is 65.5 Å². The molecule has 0 fully saturated rings. The summed E-state index contributed by atoms with van der Waals surface area (Å²) in [5.41, 5.74) is 3.07. The molecule has 3 aromatic rings. The molecule has 0 spiro atoms. The predicted molar refractivity (Wildman–Crippen MR) is 155 cm³/mol. The van der Waals surface area contributed by atoms with Gasteiger partial charge >= 0.3 is 12.2 Å². The first-order valence-corrected chi connectivity index (χ1v) is 17.1. The maximum absolute atomic E-state index is 12.4. The first-order chi connectivity index (χ1) is 18.4. The Bertz CT molecular complexity index is 1230. The Kier molecular flexibility index (Phi) is 10.5. The Morgan fingerprint density at radius 3 is 2.41 bits per heavy atom. The average Bonchev–Trinajstić information content (AvgIpc) is 3.21. The van der Waals surface area contributed by atoms with E-state index in [1.807, 2.05) is 73.9 Å². The molecule has 1 aromatic heterocycles. The lowest BCUT2D eigenvalue weighted by Gasteiger charge is -2.19. The van der Waals surface area contributed by atoms with Gasteiger partial charge in [-0.25, -0.2) is 14.6 Å². The lowest BCUT2D eigenvalue weighted by atomic mass is 10.1. The Labute approximate surface area is 232 Å². The number of fused-ring (bicyclic) bond motifs is 1. The van der Waals surface area contributed by atoms with Crippen LogP contribution in [0.3, 0.4) is 0 Å². The molecule has 9 nitrogen and oxygen atoms in total. The van der Waals surface area contributed by atoms with Gasteiger partial charge in [0.1, 0.15) is 24.8 Å². The highest BCUT2D eigenvalue weighted by Crippen LogP contribution is 2.22. The zero-order valence-electron chi connectivity index (χ0n) is 24.0. The molecule has 0 radical (unpaired) electrons. The van der Waals surface area contributed by atoms with Crippen molar-refractivity contribution in [3.8, 4) is 0 Å². The maximum atomic E-state index is 12.4. The molecule has 3 rings (SSSR count). The minimum Gasteiger partial charge on any atom is -0.445 e. The number of hydrogen-bond donors (Lipinski definition) is 2. The van der Waals surface area contributed by atoms with E-state index in [9.17, 15) is 9.59 Å². The summed E-state index contributed by atoms with van der Waals surface area (Å²) < 4.78 is 18.7. The highest BCUT2D eigenvalue weighted by Gasteiger charge is 2.18. The van der Waals surface area contributed by atoms with Crippen LogP contribution in [0.5, 0.6) is 0 Å². The number of para-hydroxylation sites is 1. The fourth-order valence-electron chi connectivity index (χ4n) is 3.81. The minimum absolute atomic E-state index is 0.190. The highest BCUT2D eigenvalue weighted by atomic mass is 28.3. The average molecular weight is 555 g/mol. The van der Waals surface area contributed by atoms with Crippen LogP contribution in [0.25, 0.3) is 11.0 Å². The third kappa shape index (κ3) is 10.4. The number of benzene rings is 2. The molecule has 0 atom stereocenters. The first kappa shape index (κ1) is 30.2. The van der Waals surface area contributed by atoms with Crippen LogP contribution in [0.4, 0.5) is 9.59 Å². The van der Waals surface area contributed by atoms with Crippen LogP contribution in [0.1, 0.15) is 37.7 Å². The van der Waals surface area contributed by atoms with E-state index in [1.54, 1.807) is 0 Å². The maximum Gasteiger partial charge on any atom is 0.407 e. The molecule has 2 amide bonds. The molecule has 0 aliphatic carbocycles. The van der Waals surface area contributed by atoms with Crippen LogP contribution in [0.15, 0.2) is 48.5 Å².